The summed E-state index contributed by atoms with van der Waals surface area (Å²) in [5.41, 5.74) is 1.30. The number of nitrogens with zero attached hydrogens (tertiary/aromatic N) is 2. The second-order valence-electron chi connectivity index (χ2n) is 4.76. The van der Waals surface area contributed by atoms with Crippen LogP contribution in [0.2, 0.25) is 0 Å². The van der Waals surface area contributed by atoms with Crippen molar-refractivity contribution in [2.24, 2.45) is 0 Å². The second kappa shape index (κ2) is 4.84. The van der Waals surface area contributed by atoms with Crippen molar-refractivity contribution in [2.75, 3.05) is 14.1 Å². The molecule has 1 aliphatic rings. The monoisotopic (exact) mass is 278 g/mol. The van der Waals surface area contributed by atoms with Crippen LogP contribution in [0.25, 0.3) is 0 Å². The largest absolute Gasteiger partial charge is 0.479 e. The van der Waals surface area contributed by atoms with Gasteiger partial charge in [-0.15, -0.1) is 0 Å². The van der Waals surface area contributed by atoms with Crippen molar-refractivity contribution in [1.82, 2.24) is 9.80 Å². The standard InChI is InChI=1S/C13H14N2O5/c1-14(2)11(16)7-3-4-8-6-15(13(19)20)10(12(17)18)9(8)5-7/h3-5,10H,6H2,1-2H3,(H,17,18)(H,19,20). The summed E-state index contributed by atoms with van der Waals surface area (Å²) in [4.78, 5) is 36.5. The van der Waals surface area contributed by atoms with Gasteiger partial charge in [0.15, 0.2) is 6.04 Å². The molecule has 1 aliphatic heterocycles. The summed E-state index contributed by atoms with van der Waals surface area (Å²) in [7, 11) is 3.18. The van der Waals surface area contributed by atoms with Gasteiger partial charge in [0.05, 0.1) is 6.54 Å². The molecule has 20 heavy (non-hydrogen) atoms. The first-order valence-corrected chi connectivity index (χ1v) is 5.89. The van der Waals surface area contributed by atoms with Crippen LogP contribution in [0, 0.1) is 0 Å². The molecule has 0 aromatic heterocycles. The Morgan fingerprint density at radius 1 is 1.25 bits per heavy atom. The zero-order valence-corrected chi connectivity index (χ0v) is 11.0. The van der Waals surface area contributed by atoms with Crippen LogP contribution in [0.3, 0.4) is 0 Å². The molecule has 106 valence electrons. The molecule has 0 radical (unpaired) electrons. The van der Waals surface area contributed by atoms with E-state index in [2.05, 4.69) is 0 Å². The Balaban J connectivity index is 2.47. The minimum Gasteiger partial charge on any atom is -0.479 e. The molecule has 1 heterocycles. The third-order valence-electron chi connectivity index (χ3n) is 3.23. The number of aliphatic carboxylic acids is 1. The predicted octanol–water partition coefficient (Wildman–Crippen LogP) is 1.01. The average molecular weight is 278 g/mol. The number of carboxylic acid groups (broad SMARTS) is 2. The van der Waals surface area contributed by atoms with Crippen molar-refractivity contribution in [3.05, 3.63) is 34.9 Å². The molecule has 7 heteroatoms. The van der Waals surface area contributed by atoms with Crippen molar-refractivity contribution in [3.8, 4) is 0 Å². The van der Waals surface area contributed by atoms with Crippen LogP contribution >= 0.6 is 0 Å². The van der Waals surface area contributed by atoms with Gasteiger partial charge in [0.25, 0.3) is 5.91 Å². The Kier molecular flexibility index (Phi) is 3.35. The fourth-order valence-corrected chi connectivity index (χ4v) is 2.27. The Bertz CT molecular complexity index is 596. The molecule has 1 atom stereocenters. The molecule has 2 N–H and O–H groups in total. The number of hydrogen-bond acceptors (Lipinski definition) is 3. The van der Waals surface area contributed by atoms with Gasteiger partial charge in [-0.2, -0.15) is 0 Å². The highest BCUT2D eigenvalue weighted by atomic mass is 16.4. The summed E-state index contributed by atoms with van der Waals surface area (Å²) in [5.74, 6) is -1.51. The van der Waals surface area contributed by atoms with Crippen molar-refractivity contribution < 1.29 is 24.6 Å². The minimum atomic E-state index is -1.30. The lowest BCUT2D eigenvalue weighted by Gasteiger charge is -2.18. The van der Waals surface area contributed by atoms with Crippen LogP contribution < -0.4 is 0 Å². The van der Waals surface area contributed by atoms with Crippen LogP contribution in [-0.2, 0) is 11.3 Å². The highest BCUT2D eigenvalue weighted by Crippen LogP contribution is 2.34. The zero-order chi connectivity index (χ0) is 15.0. The highest BCUT2D eigenvalue weighted by Gasteiger charge is 2.39. The van der Waals surface area contributed by atoms with E-state index in [1.165, 1.54) is 11.0 Å². The minimum absolute atomic E-state index is 0.0120. The topological polar surface area (TPSA) is 98.2 Å². The van der Waals surface area contributed by atoms with E-state index in [4.69, 9.17) is 5.11 Å². The third kappa shape index (κ3) is 2.18. The van der Waals surface area contributed by atoms with E-state index in [9.17, 15) is 19.5 Å². The quantitative estimate of drug-likeness (QED) is 0.841. The van der Waals surface area contributed by atoms with Crippen molar-refractivity contribution >= 4 is 18.0 Å². The molecule has 1 aromatic carbocycles. The van der Waals surface area contributed by atoms with Crippen LogP contribution in [0.1, 0.15) is 27.5 Å². The molecule has 0 aliphatic carbocycles. The molecular formula is C13H14N2O5. The van der Waals surface area contributed by atoms with Gasteiger partial charge in [0.1, 0.15) is 0 Å². The smallest absolute Gasteiger partial charge is 0.408 e. The van der Waals surface area contributed by atoms with Crippen LogP contribution in [0.5, 0.6) is 0 Å². The molecule has 2 rings (SSSR count). The summed E-state index contributed by atoms with van der Waals surface area (Å²) >= 11 is 0. The Hall–Kier alpha value is -2.57. The van der Waals surface area contributed by atoms with E-state index in [1.54, 1.807) is 26.2 Å². The average Bonchev–Trinajstić information content (AvgIpc) is 2.76. The zero-order valence-electron chi connectivity index (χ0n) is 11.0. The normalized spacial score (nSPS) is 16.7. The second-order valence-corrected chi connectivity index (χ2v) is 4.76. The first-order chi connectivity index (χ1) is 9.32. The number of amides is 2. The van der Waals surface area contributed by atoms with E-state index in [-0.39, 0.29) is 12.5 Å². The van der Waals surface area contributed by atoms with Crippen molar-refractivity contribution in [3.63, 3.8) is 0 Å². The van der Waals surface area contributed by atoms with E-state index in [0.29, 0.717) is 16.7 Å². The summed E-state index contributed by atoms with van der Waals surface area (Å²) in [5, 5.41) is 18.3. The van der Waals surface area contributed by atoms with E-state index in [1.807, 2.05) is 0 Å². The number of carbonyl (C=O) groups excluding carboxylic acids is 1. The van der Waals surface area contributed by atoms with Gasteiger partial charge in [-0.3, -0.25) is 9.69 Å². The van der Waals surface area contributed by atoms with Gasteiger partial charge in [-0.1, -0.05) is 6.07 Å². The molecule has 0 saturated carbocycles. The maximum Gasteiger partial charge on any atom is 0.408 e. The third-order valence-corrected chi connectivity index (χ3v) is 3.23. The van der Waals surface area contributed by atoms with Gasteiger partial charge in [0, 0.05) is 19.7 Å². The number of fused-ring (bicyclic) bond motifs is 1. The van der Waals surface area contributed by atoms with Crippen molar-refractivity contribution in [1.29, 1.82) is 0 Å². The predicted molar refractivity (Wildman–Crippen MR) is 68.4 cm³/mol. The van der Waals surface area contributed by atoms with E-state index < -0.39 is 18.1 Å². The lowest BCUT2D eigenvalue weighted by molar-refractivity contribution is -0.142. The van der Waals surface area contributed by atoms with Crippen LogP contribution in [0.4, 0.5) is 4.79 Å². The molecule has 0 spiro atoms. The molecule has 2 amide bonds. The fraction of sp³-hybridized carbons (Fsp3) is 0.308. The molecule has 1 aromatic rings. The Morgan fingerprint density at radius 2 is 1.90 bits per heavy atom. The first-order valence-electron chi connectivity index (χ1n) is 5.89. The number of carbonyl (C=O) groups is 3. The molecule has 7 nitrogen and oxygen atoms in total. The summed E-state index contributed by atoms with van der Waals surface area (Å²) in [6.45, 7) is 0.0120. The molecule has 0 fully saturated rings. The summed E-state index contributed by atoms with van der Waals surface area (Å²) in [6, 6.07) is 3.37. The number of benzene rings is 1. The number of rotatable bonds is 2. The molecule has 0 saturated heterocycles. The summed E-state index contributed by atoms with van der Waals surface area (Å²) < 4.78 is 0. The summed E-state index contributed by atoms with van der Waals surface area (Å²) in [6.07, 6.45) is -1.30. The van der Waals surface area contributed by atoms with Gasteiger partial charge in [0.2, 0.25) is 0 Å². The number of carboxylic acids is 1. The maximum absolute atomic E-state index is 11.9. The van der Waals surface area contributed by atoms with Gasteiger partial charge >= 0.3 is 12.1 Å². The molecule has 1 unspecified atom stereocenters. The van der Waals surface area contributed by atoms with Crippen molar-refractivity contribution in [2.45, 2.75) is 12.6 Å². The van der Waals surface area contributed by atoms with E-state index >= 15 is 0 Å². The van der Waals surface area contributed by atoms with Gasteiger partial charge in [-0.05, 0) is 23.3 Å². The van der Waals surface area contributed by atoms with Crippen LogP contribution in [-0.4, -0.2) is 52.1 Å². The number of hydrogen-bond donors (Lipinski definition) is 2. The Morgan fingerprint density at radius 3 is 2.40 bits per heavy atom. The SMILES string of the molecule is CN(C)C(=O)c1ccc2c(c1)C(C(=O)O)N(C(=O)O)C2. The lowest BCUT2D eigenvalue weighted by Crippen LogP contribution is -2.32. The lowest BCUT2D eigenvalue weighted by atomic mass is 10.0. The van der Waals surface area contributed by atoms with Gasteiger partial charge < -0.3 is 15.1 Å². The van der Waals surface area contributed by atoms with Crippen LogP contribution in [0.15, 0.2) is 18.2 Å². The molecular weight excluding hydrogens is 264 g/mol. The molecule has 0 bridgehead atoms. The van der Waals surface area contributed by atoms with Gasteiger partial charge in [-0.25, -0.2) is 9.59 Å². The first kappa shape index (κ1) is 13.9. The Labute approximate surface area is 115 Å². The fourth-order valence-electron chi connectivity index (χ4n) is 2.27. The van der Waals surface area contributed by atoms with E-state index in [0.717, 1.165) is 4.90 Å². The maximum atomic E-state index is 11.9. The highest BCUT2D eigenvalue weighted by molar-refractivity contribution is 5.95.